The molecule has 1 atom stereocenters. The summed E-state index contributed by atoms with van der Waals surface area (Å²) in [6.45, 7) is 6.24. The molecule has 1 aliphatic rings. The van der Waals surface area contributed by atoms with Crippen LogP contribution in [0.2, 0.25) is 0 Å². The van der Waals surface area contributed by atoms with Gasteiger partial charge in [0, 0.05) is 21.4 Å². The van der Waals surface area contributed by atoms with Gasteiger partial charge in [0.15, 0.2) is 0 Å². The van der Waals surface area contributed by atoms with Crippen LogP contribution in [0.4, 0.5) is 4.39 Å². The first-order chi connectivity index (χ1) is 9.78. The van der Waals surface area contributed by atoms with Gasteiger partial charge in [0.2, 0.25) is 0 Å². The van der Waals surface area contributed by atoms with Crippen molar-refractivity contribution < 1.29 is 9.50 Å². The maximum atomic E-state index is 14.3. The van der Waals surface area contributed by atoms with Crippen molar-refractivity contribution >= 4 is 15.9 Å². The lowest BCUT2D eigenvalue weighted by Crippen LogP contribution is -2.26. The van der Waals surface area contributed by atoms with E-state index in [1.807, 2.05) is 23.6 Å². The molecule has 1 aromatic heterocycles. The Labute approximate surface area is 132 Å². The number of fused-ring (bicyclic) bond motifs is 1. The number of aromatic nitrogens is 1. The second-order valence-electron chi connectivity index (χ2n) is 6.68. The molecule has 0 aliphatic heterocycles. The van der Waals surface area contributed by atoms with Crippen molar-refractivity contribution in [1.82, 2.24) is 4.57 Å². The smallest absolute Gasteiger partial charge is 0.148 e. The average Bonchev–Trinajstić information content (AvgIpc) is 2.65. The Morgan fingerprint density at radius 3 is 2.71 bits per heavy atom. The normalized spacial score (nSPS) is 20.4. The highest BCUT2D eigenvalue weighted by Crippen LogP contribution is 2.43. The van der Waals surface area contributed by atoms with E-state index in [-0.39, 0.29) is 11.2 Å². The highest BCUT2D eigenvalue weighted by Gasteiger charge is 2.34. The average molecular weight is 352 g/mol. The molecule has 2 aromatic rings. The van der Waals surface area contributed by atoms with Crippen LogP contribution in [-0.4, -0.2) is 9.67 Å². The van der Waals surface area contributed by atoms with Crippen molar-refractivity contribution in [2.45, 2.75) is 39.7 Å². The van der Waals surface area contributed by atoms with Crippen LogP contribution in [0.1, 0.15) is 43.3 Å². The molecule has 2 nitrogen and oxygen atoms in total. The molecule has 0 amide bonds. The van der Waals surface area contributed by atoms with Gasteiger partial charge >= 0.3 is 0 Å². The second-order valence-corrected chi connectivity index (χ2v) is 7.60. The summed E-state index contributed by atoms with van der Waals surface area (Å²) in [7, 11) is 0. The first kappa shape index (κ1) is 14.8. The number of nitrogens with zero attached hydrogens (tertiary/aromatic N) is 1. The zero-order valence-electron chi connectivity index (χ0n) is 12.5. The summed E-state index contributed by atoms with van der Waals surface area (Å²) in [6, 6.07) is 7.08. The van der Waals surface area contributed by atoms with Gasteiger partial charge in [-0.05, 0) is 49.4 Å². The monoisotopic (exact) mass is 351 g/mol. The van der Waals surface area contributed by atoms with Crippen molar-refractivity contribution in [3.63, 3.8) is 0 Å². The van der Waals surface area contributed by atoms with Gasteiger partial charge in [-0.25, -0.2) is 4.39 Å². The molecule has 21 heavy (non-hydrogen) atoms. The lowest BCUT2D eigenvalue weighted by Gasteiger charge is -2.34. The van der Waals surface area contributed by atoms with Crippen molar-refractivity contribution in [1.29, 1.82) is 0 Å². The summed E-state index contributed by atoms with van der Waals surface area (Å²) in [6.07, 6.45) is 1.11. The van der Waals surface area contributed by atoms with Crippen molar-refractivity contribution in [2.24, 2.45) is 5.41 Å². The van der Waals surface area contributed by atoms with E-state index in [1.165, 1.54) is 6.07 Å². The lowest BCUT2D eigenvalue weighted by atomic mass is 9.75. The van der Waals surface area contributed by atoms with Gasteiger partial charge in [0.05, 0.1) is 11.8 Å². The summed E-state index contributed by atoms with van der Waals surface area (Å²) < 4.78 is 17.0. The Bertz CT molecular complexity index is 705. The van der Waals surface area contributed by atoms with E-state index in [0.29, 0.717) is 5.69 Å². The maximum Gasteiger partial charge on any atom is 0.148 e. The molecule has 1 unspecified atom stereocenters. The van der Waals surface area contributed by atoms with Crippen LogP contribution in [0, 0.1) is 18.2 Å². The SMILES string of the molecule is Cc1cc2c(n1-c1ccc(Br)cc1F)CC(C)(C)CC2O. The third-order valence-electron chi connectivity index (χ3n) is 4.22. The molecule has 0 fully saturated rings. The number of aryl methyl sites for hydroxylation is 1. The molecule has 0 saturated carbocycles. The molecule has 0 radical (unpaired) electrons. The highest BCUT2D eigenvalue weighted by atomic mass is 79.9. The molecule has 1 aromatic carbocycles. The summed E-state index contributed by atoms with van der Waals surface area (Å²) in [4.78, 5) is 0. The van der Waals surface area contributed by atoms with Crippen molar-refractivity contribution in [2.75, 3.05) is 0 Å². The van der Waals surface area contributed by atoms with Gasteiger partial charge in [-0.1, -0.05) is 29.8 Å². The van der Waals surface area contributed by atoms with Gasteiger partial charge < -0.3 is 9.67 Å². The molecule has 0 bridgehead atoms. The molecule has 1 aliphatic carbocycles. The molecule has 112 valence electrons. The number of benzene rings is 1. The fourth-order valence-corrected chi connectivity index (χ4v) is 3.67. The third-order valence-corrected chi connectivity index (χ3v) is 4.72. The molecule has 1 heterocycles. The van der Waals surface area contributed by atoms with Crippen molar-refractivity contribution in [3.05, 3.63) is 51.5 Å². The van der Waals surface area contributed by atoms with Gasteiger partial charge in [0.1, 0.15) is 5.82 Å². The Morgan fingerprint density at radius 1 is 1.33 bits per heavy atom. The first-order valence-electron chi connectivity index (χ1n) is 7.13. The minimum absolute atomic E-state index is 0.0147. The quantitative estimate of drug-likeness (QED) is 0.791. The number of hydrogen-bond donors (Lipinski definition) is 1. The summed E-state index contributed by atoms with van der Waals surface area (Å²) in [5.74, 6) is -0.260. The molecule has 0 saturated heterocycles. The van der Waals surface area contributed by atoms with Crippen molar-refractivity contribution in [3.8, 4) is 5.69 Å². The second kappa shape index (κ2) is 4.96. The fourth-order valence-electron chi connectivity index (χ4n) is 3.34. The van der Waals surface area contributed by atoms with Crippen LogP contribution in [-0.2, 0) is 6.42 Å². The Morgan fingerprint density at radius 2 is 2.05 bits per heavy atom. The Balaban J connectivity index is 2.21. The lowest BCUT2D eigenvalue weighted by molar-refractivity contribution is 0.0986. The molecular formula is C17H19BrFNO. The van der Waals surface area contributed by atoms with E-state index in [0.717, 1.165) is 34.3 Å². The van der Waals surface area contributed by atoms with Crippen LogP contribution >= 0.6 is 15.9 Å². The van der Waals surface area contributed by atoms with E-state index in [2.05, 4.69) is 29.8 Å². The summed E-state index contributed by atoms with van der Waals surface area (Å²) >= 11 is 3.29. The number of hydrogen-bond acceptors (Lipinski definition) is 1. The Hall–Kier alpha value is -1.13. The third kappa shape index (κ3) is 2.55. The minimum atomic E-state index is -0.470. The number of halogens is 2. The standard InChI is InChI=1S/C17H19BrFNO/c1-10-6-12-15(8-17(2,3)9-16(12)21)20(10)14-5-4-11(18)7-13(14)19/h4-7,16,21H,8-9H2,1-3H3. The van der Waals surface area contributed by atoms with Gasteiger partial charge in [-0.2, -0.15) is 0 Å². The number of rotatable bonds is 1. The van der Waals surface area contributed by atoms with Crippen LogP contribution in [0.3, 0.4) is 0 Å². The number of aliphatic hydroxyl groups excluding tert-OH is 1. The van der Waals surface area contributed by atoms with Crippen LogP contribution in [0.15, 0.2) is 28.7 Å². The summed E-state index contributed by atoms with van der Waals surface area (Å²) in [5, 5.41) is 10.4. The zero-order chi connectivity index (χ0) is 15.4. The van der Waals surface area contributed by atoms with E-state index in [4.69, 9.17) is 0 Å². The Kier molecular flexibility index (Phi) is 3.49. The zero-order valence-corrected chi connectivity index (χ0v) is 14.0. The van der Waals surface area contributed by atoms with Crippen LogP contribution in [0.25, 0.3) is 5.69 Å². The topological polar surface area (TPSA) is 25.2 Å². The first-order valence-corrected chi connectivity index (χ1v) is 7.92. The largest absolute Gasteiger partial charge is 0.388 e. The maximum absolute atomic E-state index is 14.3. The van der Waals surface area contributed by atoms with Gasteiger partial charge in [-0.15, -0.1) is 0 Å². The molecule has 3 rings (SSSR count). The predicted molar refractivity (Wildman–Crippen MR) is 85.2 cm³/mol. The predicted octanol–water partition coefficient (Wildman–Crippen LogP) is 4.69. The fraction of sp³-hybridized carbons (Fsp3) is 0.412. The molecule has 4 heteroatoms. The van der Waals surface area contributed by atoms with E-state index in [1.54, 1.807) is 6.07 Å². The number of aliphatic hydroxyl groups is 1. The van der Waals surface area contributed by atoms with Crippen LogP contribution < -0.4 is 0 Å². The molecule has 0 spiro atoms. The van der Waals surface area contributed by atoms with E-state index < -0.39 is 6.10 Å². The van der Waals surface area contributed by atoms with Crippen LogP contribution in [0.5, 0.6) is 0 Å². The molecular weight excluding hydrogens is 333 g/mol. The highest BCUT2D eigenvalue weighted by molar-refractivity contribution is 9.10. The minimum Gasteiger partial charge on any atom is -0.388 e. The van der Waals surface area contributed by atoms with Gasteiger partial charge in [-0.3, -0.25) is 0 Å². The summed E-state index contributed by atoms with van der Waals surface area (Å²) in [5.41, 5.74) is 3.48. The van der Waals surface area contributed by atoms with Gasteiger partial charge in [0.25, 0.3) is 0 Å². The van der Waals surface area contributed by atoms with E-state index >= 15 is 0 Å². The molecule has 1 N–H and O–H groups in total. The van der Waals surface area contributed by atoms with E-state index in [9.17, 15) is 9.50 Å².